The number of anilines is 1. The number of nitrogens with zero attached hydrogens (tertiary/aromatic N) is 1. The van der Waals surface area contributed by atoms with Crippen molar-refractivity contribution in [2.45, 2.75) is 55.3 Å². The summed E-state index contributed by atoms with van der Waals surface area (Å²) in [5, 5.41) is 38.0. The number of carbonyl (C=O) groups excluding carboxylic acids is 1. The molecule has 2 aliphatic heterocycles. The number of phenolic OH excluding ortho intramolecular Hbond substituents is 1. The predicted octanol–water partition coefficient (Wildman–Crippen LogP) is 3.68. The maximum absolute atomic E-state index is 13.5. The van der Waals surface area contributed by atoms with E-state index in [4.69, 9.17) is 21.1 Å². The minimum Gasteiger partial charge on any atom is -0.508 e. The highest BCUT2D eigenvalue weighted by atomic mass is 35.5. The number of likely N-dealkylation sites (tertiary alicyclic amines) is 1. The highest BCUT2D eigenvalue weighted by Crippen LogP contribution is 2.66. The van der Waals surface area contributed by atoms with Gasteiger partial charge in [0, 0.05) is 30.3 Å². The Balaban J connectivity index is 1.32. The Morgan fingerprint density at radius 2 is 2.08 bits per heavy atom. The number of rotatable bonds is 5. The number of piperidine rings is 1. The number of hydrogen-bond acceptors (Lipinski definition) is 7. The molecule has 2 bridgehead atoms. The number of amides is 1. The molecular formula is C28H29ClN2O6. The molecule has 0 aromatic heterocycles. The Bertz CT molecular complexity index is 1370. The molecule has 1 saturated carbocycles. The fourth-order valence-electron chi connectivity index (χ4n) is 7.32. The Morgan fingerprint density at radius 3 is 2.81 bits per heavy atom. The topological polar surface area (TPSA) is 111 Å². The highest BCUT2D eigenvalue weighted by molar-refractivity contribution is 6.32. The third-order valence-corrected chi connectivity index (χ3v) is 9.50. The summed E-state index contributed by atoms with van der Waals surface area (Å²) >= 11 is 6.24. The number of ether oxygens (including phenoxy) is 2. The Labute approximate surface area is 219 Å². The van der Waals surface area contributed by atoms with E-state index in [0.29, 0.717) is 41.0 Å². The van der Waals surface area contributed by atoms with Gasteiger partial charge in [-0.15, -0.1) is 0 Å². The minimum atomic E-state index is -1.35. The van der Waals surface area contributed by atoms with E-state index in [9.17, 15) is 20.1 Å². The second-order valence-corrected chi connectivity index (χ2v) is 11.5. The van der Waals surface area contributed by atoms with Gasteiger partial charge in [0.05, 0.1) is 28.7 Å². The van der Waals surface area contributed by atoms with Crippen molar-refractivity contribution in [2.75, 3.05) is 25.5 Å². The van der Waals surface area contributed by atoms with Gasteiger partial charge in [-0.2, -0.15) is 0 Å². The molecule has 4 atom stereocenters. The van der Waals surface area contributed by atoms with E-state index in [0.717, 1.165) is 24.2 Å². The summed E-state index contributed by atoms with van der Waals surface area (Å²) in [6.07, 6.45) is 2.58. The van der Waals surface area contributed by atoms with Crippen molar-refractivity contribution in [2.24, 2.45) is 5.92 Å². The Hall–Kier alpha value is -2.94. The second kappa shape index (κ2) is 7.79. The number of methoxy groups -OCH3 is 1. The second-order valence-electron chi connectivity index (χ2n) is 11.1. The SMILES string of the molecule is COc1ccc(NC(=O)C2=C(O)[C@@H]3Oc4c(O)ccc5c4[C@@]34CCN(CC3CC3)[C@H](C5)[C@]4(O)C2)cc1Cl. The minimum absolute atomic E-state index is 0.0181. The largest absolute Gasteiger partial charge is 0.508 e. The molecule has 7 rings (SSSR count). The van der Waals surface area contributed by atoms with E-state index in [-0.39, 0.29) is 29.5 Å². The lowest BCUT2D eigenvalue weighted by Gasteiger charge is -2.62. The number of aliphatic hydroxyl groups is 2. The van der Waals surface area contributed by atoms with Crippen LogP contribution < -0.4 is 14.8 Å². The van der Waals surface area contributed by atoms with Gasteiger partial charge in [-0.05, 0) is 68.0 Å². The zero-order valence-corrected chi connectivity index (χ0v) is 21.2. The van der Waals surface area contributed by atoms with E-state index < -0.39 is 23.0 Å². The van der Waals surface area contributed by atoms with Crippen LogP contribution in [-0.4, -0.2) is 64.1 Å². The number of carbonyl (C=O) groups is 1. The number of benzene rings is 2. The highest BCUT2D eigenvalue weighted by Gasteiger charge is 2.73. The summed E-state index contributed by atoms with van der Waals surface area (Å²) in [6, 6.07) is 8.19. The molecule has 194 valence electrons. The molecule has 2 aromatic rings. The molecule has 8 nitrogen and oxygen atoms in total. The van der Waals surface area contributed by atoms with Gasteiger partial charge in [0.25, 0.3) is 5.91 Å². The molecule has 5 aliphatic rings. The fraction of sp³-hybridized carbons (Fsp3) is 0.464. The van der Waals surface area contributed by atoms with E-state index in [1.54, 1.807) is 24.3 Å². The molecule has 1 spiro atoms. The first-order chi connectivity index (χ1) is 17.8. The molecule has 4 N–H and O–H groups in total. The molecule has 2 heterocycles. The van der Waals surface area contributed by atoms with Gasteiger partial charge in [0.2, 0.25) is 0 Å². The smallest absolute Gasteiger partial charge is 0.255 e. The fourth-order valence-corrected chi connectivity index (χ4v) is 7.58. The third-order valence-electron chi connectivity index (χ3n) is 9.20. The van der Waals surface area contributed by atoms with Crippen molar-refractivity contribution in [3.05, 3.63) is 57.8 Å². The molecule has 1 amide bonds. The molecule has 2 fully saturated rings. The summed E-state index contributed by atoms with van der Waals surface area (Å²) < 4.78 is 11.4. The Morgan fingerprint density at radius 1 is 1.27 bits per heavy atom. The van der Waals surface area contributed by atoms with Crippen LogP contribution in [0.15, 0.2) is 41.7 Å². The van der Waals surface area contributed by atoms with Crippen molar-refractivity contribution < 1.29 is 29.6 Å². The zero-order valence-electron chi connectivity index (χ0n) is 20.5. The van der Waals surface area contributed by atoms with Crippen LogP contribution in [0, 0.1) is 5.92 Å². The number of nitrogens with one attached hydrogen (secondary N) is 1. The van der Waals surface area contributed by atoms with E-state index >= 15 is 0 Å². The zero-order chi connectivity index (χ0) is 25.7. The van der Waals surface area contributed by atoms with Crippen LogP contribution in [0.3, 0.4) is 0 Å². The Kier molecular flexibility index (Phi) is 4.88. The van der Waals surface area contributed by atoms with Crippen molar-refractivity contribution >= 4 is 23.2 Å². The first-order valence-corrected chi connectivity index (χ1v) is 13.2. The molecule has 1 saturated heterocycles. The lowest BCUT2D eigenvalue weighted by atomic mass is 9.49. The first kappa shape index (κ1) is 23.2. The van der Waals surface area contributed by atoms with Gasteiger partial charge in [0.1, 0.15) is 11.5 Å². The van der Waals surface area contributed by atoms with E-state index in [1.807, 2.05) is 6.07 Å². The number of halogens is 1. The van der Waals surface area contributed by atoms with Crippen molar-refractivity contribution in [3.63, 3.8) is 0 Å². The van der Waals surface area contributed by atoms with Gasteiger partial charge in [0.15, 0.2) is 17.6 Å². The summed E-state index contributed by atoms with van der Waals surface area (Å²) in [4.78, 5) is 15.9. The van der Waals surface area contributed by atoms with Crippen LogP contribution in [-0.2, 0) is 16.6 Å². The normalized spacial score (nSPS) is 31.5. The third kappa shape index (κ3) is 3.06. The van der Waals surface area contributed by atoms with Gasteiger partial charge >= 0.3 is 0 Å². The standard InChI is InChI=1S/C28H29ClN2O6/c1-36-20-7-5-16(11-18(20)29)30-26(34)17-12-28(35)21-10-15-4-6-19(32)24-22(15)27(28,25(37-24)23(17)33)8-9-31(21)13-14-2-3-14/h4-7,11,14,21,25,32-33,35H,2-3,8-10,12-13H2,1H3,(H,30,34)/t21-,25+,27+,28-/m1/s1. The number of aliphatic hydroxyl groups excluding tert-OH is 1. The molecule has 37 heavy (non-hydrogen) atoms. The van der Waals surface area contributed by atoms with Crippen LogP contribution >= 0.6 is 11.6 Å². The molecule has 9 heteroatoms. The molecule has 0 radical (unpaired) electrons. The monoisotopic (exact) mass is 524 g/mol. The molecule has 2 aromatic carbocycles. The average Bonchev–Trinajstić information content (AvgIpc) is 3.61. The van der Waals surface area contributed by atoms with E-state index in [1.165, 1.54) is 20.0 Å². The van der Waals surface area contributed by atoms with Gasteiger partial charge in [-0.1, -0.05) is 17.7 Å². The van der Waals surface area contributed by atoms with Crippen LogP contribution in [0.4, 0.5) is 5.69 Å². The maximum atomic E-state index is 13.5. The summed E-state index contributed by atoms with van der Waals surface area (Å²) in [7, 11) is 1.51. The van der Waals surface area contributed by atoms with Crippen LogP contribution in [0.1, 0.15) is 36.8 Å². The van der Waals surface area contributed by atoms with Gasteiger partial charge in [-0.25, -0.2) is 0 Å². The van der Waals surface area contributed by atoms with Gasteiger partial charge in [-0.3, -0.25) is 9.69 Å². The quantitative estimate of drug-likeness (QED) is 0.472. The molecular weight excluding hydrogens is 496 g/mol. The number of aromatic hydroxyl groups is 1. The predicted molar refractivity (Wildman–Crippen MR) is 136 cm³/mol. The lowest BCUT2D eigenvalue weighted by molar-refractivity contribution is -0.172. The van der Waals surface area contributed by atoms with Gasteiger partial charge < -0.3 is 30.1 Å². The maximum Gasteiger partial charge on any atom is 0.255 e. The van der Waals surface area contributed by atoms with Crippen LogP contribution in [0.25, 0.3) is 0 Å². The van der Waals surface area contributed by atoms with Crippen LogP contribution in [0.2, 0.25) is 5.02 Å². The summed E-state index contributed by atoms with van der Waals surface area (Å²) in [6.45, 7) is 1.67. The molecule has 3 aliphatic carbocycles. The van der Waals surface area contributed by atoms with Crippen molar-refractivity contribution in [1.82, 2.24) is 4.90 Å². The molecule has 0 unspecified atom stereocenters. The van der Waals surface area contributed by atoms with E-state index in [2.05, 4.69) is 10.2 Å². The van der Waals surface area contributed by atoms with Crippen molar-refractivity contribution in [1.29, 1.82) is 0 Å². The number of hydrogen-bond donors (Lipinski definition) is 4. The lowest BCUT2D eigenvalue weighted by Crippen LogP contribution is -2.75. The van der Waals surface area contributed by atoms with Crippen molar-refractivity contribution in [3.8, 4) is 17.2 Å². The summed E-state index contributed by atoms with van der Waals surface area (Å²) in [5.74, 6) is 0.693. The van der Waals surface area contributed by atoms with Crippen LogP contribution in [0.5, 0.6) is 17.2 Å². The first-order valence-electron chi connectivity index (χ1n) is 12.8. The summed E-state index contributed by atoms with van der Waals surface area (Å²) in [5.41, 5.74) is 0.0563. The number of phenols is 1. The average molecular weight is 525 g/mol.